The first-order valence-corrected chi connectivity index (χ1v) is 8.86. The zero-order chi connectivity index (χ0) is 16.9. The van der Waals surface area contributed by atoms with Crippen LogP contribution in [0.1, 0.15) is 41.9 Å². The lowest BCUT2D eigenvalue weighted by atomic mass is 10.2. The predicted molar refractivity (Wildman–Crippen MR) is 88.6 cm³/mol. The number of aryl methyl sites for hydroxylation is 1. The second-order valence-corrected chi connectivity index (χ2v) is 6.70. The summed E-state index contributed by atoms with van der Waals surface area (Å²) in [6.45, 7) is 6.72. The summed E-state index contributed by atoms with van der Waals surface area (Å²) in [4.78, 5) is 30.7. The normalized spacial score (nSPS) is 20.0. The van der Waals surface area contributed by atoms with Crippen LogP contribution in [0.3, 0.4) is 0 Å². The van der Waals surface area contributed by atoms with Crippen molar-refractivity contribution >= 4 is 11.8 Å². The maximum Gasteiger partial charge on any atom is 0.292 e. The molecule has 0 radical (unpaired) electrons. The first-order valence-electron chi connectivity index (χ1n) is 8.86. The summed E-state index contributed by atoms with van der Waals surface area (Å²) in [6.07, 6.45) is 4.69. The van der Waals surface area contributed by atoms with E-state index in [0.29, 0.717) is 31.1 Å². The fraction of sp³-hybridized carbons (Fsp3) is 0.706. The highest BCUT2D eigenvalue weighted by Gasteiger charge is 2.26. The Morgan fingerprint density at radius 3 is 2.25 bits per heavy atom. The van der Waals surface area contributed by atoms with Crippen LogP contribution in [0.4, 0.5) is 0 Å². The maximum absolute atomic E-state index is 12.4. The van der Waals surface area contributed by atoms with E-state index in [4.69, 9.17) is 4.52 Å². The largest absolute Gasteiger partial charge is 0.351 e. The molecule has 0 atom stereocenters. The molecule has 0 unspecified atom stereocenters. The van der Waals surface area contributed by atoms with Gasteiger partial charge in [0, 0.05) is 45.3 Å². The monoisotopic (exact) mass is 334 g/mol. The lowest BCUT2D eigenvalue weighted by Crippen LogP contribution is -2.51. The molecule has 2 amide bonds. The van der Waals surface area contributed by atoms with Crippen molar-refractivity contribution in [1.82, 2.24) is 19.9 Å². The molecule has 0 N–H and O–H groups in total. The van der Waals surface area contributed by atoms with Gasteiger partial charge in [-0.1, -0.05) is 18.0 Å². The molecule has 0 aromatic carbocycles. The van der Waals surface area contributed by atoms with Crippen molar-refractivity contribution < 1.29 is 14.1 Å². The van der Waals surface area contributed by atoms with Crippen molar-refractivity contribution in [2.24, 2.45) is 0 Å². The number of aromatic nitrogens is 1. The number of likely N-dealkylation sites (tertiary alicyclic amines) is 1. The molecule has 1 aromatic heterocycles. The van der Waals surface area contributed by atoms with E-state index < -0.39 is 0 Å². The van der Waals surface area contributed by atoms with Crippen LogP contribution in [0.5, 0.6) is 0 Å². The van der Waals surface area contributed by atoms with E-state index in [9.17, 15) is 9.59 Å². The minimum atomic E-state index is -0.117. The molecule has 7 nitrogen and oxygen atoms in total. The summed E-state index contributed by atoms with van der Waals surface area (Å²) in [6, 6.07) is 1.66. The van der Waals surface area contributed by atoms with Crippen LogP contribution in [-0.2, 0) is 4.79 Å². The zero-order valence-electron chi connectivity index (χ0n) is 14.4. The molecule has 0 aliphatic carbocycles. The van der Waals surface area contributed by atoms with E-state index in [1.54, 1.807) is 17.9 Å². The van der Waals surface area contributed by atoms with Crippen LogP contribution in [0.15, 0.2) is 10.6 Å². The Morgan fingerprint density at radius 2 is 1.67 bits per heavy atom. The molecule has 0 spiro atoms. The Hall–Kier alpha value is -1.89. The average Bonchev–Trinajstić information content (AvgIpc) is 2.85. The summed E-state index contributed by atoms with van der Waals surface area (Å²) in [5, 5.41) is 3.76. The first-order chi connectivity index (χ1) is 11.6. The summed E-state index contributed by atoms with van der Waals surface area (Å²) >= 11 is 0. The molecule has 2 aliphatic heterocycles. The van der Waals surface area contributed by atoms with Gasteiger partial charge >= 0.3 is 0 Å². The molecule has 132 valence electrons. The third-order valence-corrected chi connectivity index (χ3v) is 4.82. The summed E-state index contributed by atoms with van der Waals surface area (Å²) in [5.41, 5.74) is 0.708. The van der Waals surface area contributed by atoms with Crippen LogP contribution in [0.25, 0.3) is 0 Å². The Labute approximate surface area is 142 Å². The van der Waals surface area contributed by atoms with Crippen LogP contribution >= 0.6 is 0 Å². The Bertz CT molecular complexity index is 570. The molecular weight excluding hydrogens is 308 g/mol. The third kappa shape index (κ3) is 4.14. The fourth-order valence-corrected chi connectivity index (χ4v) is 3.34. The topological polar surface area (TPSA) is 69.9 Å². The number of rotatable bonds is 3. The van der Waals surface area contributed by atoms with Crippen LogP contribution in [0.2, 0.25) is 0 Å². The highest BCUT2D eigenvalue weighted by Crippen LogP contribution is 2.12. The van der Waals surface area contributed by atoms with Crippen molar-refractivity contribution in [3.05, 3.63) is 17.5 Å². The molecule has 2 aliphatic rings. The Balaban J connectivity index is 1.46. The van der Waals surface area contributed by atoms with Gasteiger partial charge in [-0.05, 0) is 19.8 Å². The van der Waals surface area contributed by atoms with Gasteiger partial charge < -0.3 is 14.3 Å². The van der Waals surface area contributed by atoms with E-state index >= 15 is 0 Å². The number of carbonyl (C=O) groups excluding carboxylic acids is 2. The van der Waals surface area contributed by atoms with Gasteiger partial charge in [0.25, 0.3) is 5.91 Å². The first kappa shape index (κ1) is 17.0. The van der Waals surface area contributed by atoms with Gasteiger partial charge in [-0.3, -0.25) is 14.5 Å². The van der Waals surface area contributed by atoms with Gasteiger partial charge in [-0.2, -0.15) is 0 Å². The molecule has 7 heteroatoms. The maximum atomic E-state index is 12.4. The van der Waals surface area contributed by atoms with Gasteiger partial charge in [0.15, 0.2) is 0 Å². The number of nitrogens with zero attached hydrogens (tertiary/aromatic N) is 4. The highest BCUT2D eigenvalue weighted by molar-refractivity contribution is 5.91. The molecule has 2 fully saturated rings. The van der Waals surface area contributed by atoms with Gasteiger partial charge in [0.05, 0.1) is 12.2 Å². The minimum absolute atomic E-state index is 0.117. The minimum Gasteiger partial charge on any atom is -0.351 e. The van der Waals surface area contributed by atoms with E-state index in [-0.39, 0.29) is 11.8 Å². The van der Waals surface area contributed by atoms with Crippen molar-refractivity contribution in [1.29, 1.82) is 0 Å². The van der Waals surface area contributed by atoms with Crippen LogP contribution in [-0.4, -0.2) is 77.5 Å². The quantitative estimate of drug-likeness (QED) is 0.829. The van der Waals surface area contributed by atoms with E-state index in [1.807, 2.05) is 4.90 Å². The lowest BCUT2D eigenvalue weighted by molar-refractivity contribution is -0.132. The standard InChI is InChI=1S/C17H26N4O3/c1-14-12-15(24-18-14)17(23)21-10-8-19(9-11-21)13-16(22)20-6-4-2-3-5-7-20/h12H,2-11,13H2,1H3. The molecular formula is C17H26N4O3. The van der Waals surface area contributed by atoms with Gasteiger partial charge in [-0.15, -0.1) is 0 Å². The average molecular weight is 334 g/mol. The number of piperazine rings is 1. The molecule has 2 saturated heterocycles. The predicted octanol–water partition coefficient (Wildman–Crippen LogP) is 1.14. The van der Waals surface area contributed by atoms with Gasteiger partial charge in [-0.25, -0.2) is 0 Å². The van der Waals surface area contributed by atoms with E-state index in [1.165, 1.54) is 12.8 Å². The van der Waals surface area contributed by atoms with Gasteiger partial charge in [0.2, 0.25) is 11.7 Å². The van der Waals surface area contributed by atoms with E-state index in [2.05, 4.69) is 10.1 Å². The van der Waals surface area contributed by atoms with E-state index in [0.717, 1.165) is 39.0 Å². The fourth-order valence-electron chi connectivity index (χ4n) is 3.34. The summed E-state index contributed by atoms with van der Waals surface area (Å²) in [5.74, 6) is 0.401. The van der Waals surface area contributed by atoms with Crippen LogP contribution < -0.4 is 0 Å². The van der Waals surface area contributed by atoms with Crippen LogP contribution in [0, 0.1) is 6.92 Å². The SMILES string of the molecule is Cc1cc(C(=O)N2CCN(CC(=O)N3CCCCCC3)CC2)on1. The zero-order valence-corrected chi connectivity index (χ0v) is 14.4. The number of amides is 2. The number of carbonyl (C=O) groups is 2. The second kappa shape index (κ2) is 7.79. The molecule has 3 rings (SSSR count). The van der Waals surface area contributed by atoms with Crippen molar-refractivity contribution in [3.63, 3.8) is 0 Å². The molecule has 0 bridgehead atoms. The van der Waals surface area contributed by atoms with Gasteiger partial charge in [0.1, 0.15) is 0 Å². The second-order valence-electron chi connectivity index (χ2n) is 6.70. The molecule has 24 heavy (non-hydrogen) atoms. The summed E-state index contributed by atoms with van der Waals surface area (Å²) in [7, 11) is 0. The lowest BCUT2D eigenvalue weighted by Gasteiger charge is -2.34. The third-order valence-electron chi connectivity index (χ3n) is 4.82. The Morgan fingerprint density at radius 1 is 1.00 bits per heavy atom. The highest BCUT2D eigenvalue weighted by atomic mass is 16.5. The molecule has 1 aromatic rings. The number of hydrogen-bond acceptors (Lipinski definition) is 5. The smallest absolute Gasteiger partial charge is 0.292 e. The Kier molecular flexibility index (Phi) is 5.50. The van der Waals surface area contributed by atoms with Crippen molar-refractivity contribution in [2.45, 2.75) is 32.6 Å². The molecule has 3 heterocycles. The summed E-state index contributed by atoms with van der Waals surface area (Å²) < 4.78 is 5.05. The van der Waals surface area contributed by atoms with Crippen molar-refractivity contribution in [2.75, 3.05) is 45.8 Å². The number of hydrogen-bond donors (Lipinski definition) is 0. The van der Waals surface area contributed by atoms with Crippen molar-refractivity contribution in [3.8, 4) is 0 Å². The molecule has 0 saturated carbocycles.